The summed E-state index contributed by atoms with van der Waals surface area (Å²) in [6, 6.07) is 0. The molecule has 0 spiro atoms. The van der Waals surface area contributed by atoms with Crippen LogP contribution in [-0.4, -0.2) is 24.5 Å². The van der Waals surface area contributed by atoms with Gasteiger partial charge in [0.2, 0.25) is 0 Å². The first-order valence-corrected chi connectivity index (χ1v) is 7.36. The van der Waals surface area contributed by atoms with E-state index < -0.39 is 0 Å². The Bertz CT molecular complexity index is 210. The van der Waals surface area contributed by atoms with Crippen molar-refractivity contribution in [3.8, 4) is 0 Å². The van der Waals surface area contributed by atoms with Crippen LogP contribution in [0.25, 0.3) is 0 Å². The van der Waals surface area contributed by atoms with Gasteiger partial charge in [-0.3, -0.25) is 0 Å². The topological polar surface area (TPSA) is 3.24 Å². The Labute approximate surface area is 110 Å². The van der Waals surface area contributed by atoms with E-state index in [9.17, 15) is 0 Å². The highest BCUT2D eigenvalue weighted by Crippen LogP contribution is 2.40. The highest BCUT2D eigenvalue weighted by atomic mass is 15.1. The van der Waals surface area contributed by atoms with Crippen molar-refractivity contribution in [2.24, 2.45) is 11.3 Å². The van der Waals surface area contributed by atoms with Crippen molar-refractivity contribution in [2.45, 2.75) is 79.2 Å². The second-order valence-corrected chi connectivity index (χ2v) is 7.02. The molecule has 0 aromatic rings. The van der Waals surface area contributed by atoms with Crippen LogP contribution in [0.1, 0.15) is 73.6 Å². The molecule has 0 aromatic carbocycles. The van der Waals surface area contributed by atoms with Gasteiger partial charge in [0.05, 0.1) is 0 Å². The molecule has 2 unspecified atom stereocenters. The smallest absolute Gasteiger partial charge is 0.0177 e. The Hall–Kier alpha value is -0.0400. The summed E-state index contributed by atoms with van der Waals surface area (Å²) in [5, 5.41) is 0. The third-order valence-corrected chi connectivity index (χ3v) is 4.83. The van der Waals surface area contributed by atoms with Crippen LogP contribution in [0.15, 0.2) is 0 Å². The maximum Gasteiger partial charge on any atom is 0.0177 e. The largest absolute Gasteiger partial charge is 0.304 e. The van der Waals surface area contributed by atoms with Crippen molar-refractivity contribution in [1.29, 1.82) is 0 Å². The van der Waals surface area contributed by atoms with Crippen molar-refractivity contribution in [1.82, 2.24) is 4.90 Å². The highest BCUT2D eigenvalue weighted by molar-refractivity contribution is 4.89. The summed E-state index contributed by atoms with van der Waals surface area (Å²) in [4.78, 5) is 2.41. The molecule has 0 amide bonds. The zero-order valence-corrected chi connectivity index (χ0v) is 13.6. The van der Waals surface area contributed by atoms with E-state index in [0.29, 0.717) is 11.0 Å². The van der Waals surface area contributed by atoms with Gasteiger partial charge in [0.25, 0.3) is 0 Å². The van der Waals surface area contributed by atoms with Gasteiger partial charge in [-0.15, -0.1) is 0 Å². The molecule has 0 aliphatic rings. The number of rotatable bonds is 8. The Balaban J connectivity index is 4.64. The van der Waals surface area contributed by atoms with Crippen molar-refractivity contribution < 1.29 is 0 Å². The molecule has 104 valence electrons. The summed E-state index contributed by atoms with van der Waals surface area (Å²) in [7, 11) is 4.45. The minimum absolute atomic E-state index is 0.349. The summed E-state index contributed by atoms with van der Waals surface area (Å²) in [6.07, 6.45) is 6.56. The van der Waals surface area contributed by atoms with E-state index in [1.807, 2.05) is 0 Å². The lowest BCUT2D eigenvalue weighted by Crippen LogP contribution is -2.44. The molecule has 0 aromatic heterocycles. The lowest BCUT2D eigenvalue weighted by molar-refractivity contribution is 0.0798. The molecular weight excluding hydrogens is 206 g/mol. The fraction of sp³-hybridized carbons (Fsp3) is 1.00. The quantitative estimate of drug-likeness (QED) is 0.580. The molecule has 0 rings (SSSR count). The van der Waals surface area contributed by atoms with Gasteiger partial charge in [0.15, 0.2) is 0 Å². The lowest BCUT2D eigenvalue weighted by Gasteiger charge is -2.43. The summed E-state index contributed by atoms with van der Waals surface area (Å²) in [6.45, 7) is 14.2. The predicted octanol–water partition coefficient (Wildman–Crippen LogP) is 4.96. The molecule has 0 saturated heterocycles. The van der Waals surface area contributed by atoms with Crippen molar-refractivity contribution in [3.05, 3.63) is 0 Å². The zero-order chi connectivity index (χ0) is 13.7. The summed E-state index contributed by atoms with van der Waals surface area (Å²) >= 11 is 0. The number of hydrogen-bond donors (Lipinski definition) is 0. The van der Waals surface area contributed by atoms with Gasteiger partial charge >= 0.3 is 0 Å². The second kappa shape index (κ2) is 6.78. The molecule has 1 heteroatoms. The third kappa shape index (κ3) is 5.42. The Morgan fingerprint density at radius 1 is 1.00 bits per heavy atom. The van der Waals surface area contributed by atoms with Crippen LogP contribution in [0.5, 0.6) is 0 Å². The molecular formula is C16H35N. The maximum absolute atomic E-state index is 2.48. The molecule has 0 radical (unpaired) electrons. The first-order valence-electron chi connectivity index (χ1n) is 7.36. The normalized spacial score (nSPS) is 19.4. The number of nitrogens with zero attached hydrogens (tertiary/aromatic N) is 1. The SMILES string of the molecule is CCC(C)(CCC(C)C)CC(C)(CC)N(C)C. The Morgan fingerprint density at radius 3 is 1.82 bits per heavy atom. The van der Waals surface area contributed by atoms with Crippen LogP contribution < -0.4 is 0 Å². The standard InChI is InChI=1S/C16H35N/c1-9-15(5,12-11-14(3)4)13-16(6,10-2)17(7)8/h14H,9-13H2,1-8H3. The van der Waals surface area contributed by atoms with E-state index in [1.165, 1.54) is 32.1 Å². The van der Waals surface area contributed by atoms with E-state index in [-0.39, 0.29) is 0 Å². The average molecular weight is 241 g/mol. The molecule has 0 heterocycles. The van der Waals surface area contributed by atoms with E-state index >= 15 is 0 Å². The lowest BCUT2D eigenvalue weighted by atomic mass is 9.71. The van der Waals surface area contributed by atoms with Gasteiger partial charge in [-0.1, -0.05) is 47.5 Å². The fourth-order valence-electron chi connectivity index (χ4n) is 2.55. The third-order valence-electron chi connectivity index (χ3n) is 4.83. The average Bonchev–Trinajstić information content (AvgIpc) is 2.26. The minimum atomic E-state index is 0.349. The van der Waals surface area contributed by atoms with Crippen molar-refractivity contribution >= 4 is 0 Å². The Kier molecular flexibility index (Phi) is 6.76. The highest BCUT2D eigenvalue weighted by Gasteiger charge is 2.34. The van der Waals surface area contributed by atoms with E-state index in [4.69, 9.17) is 0 Å². The molecule has 0 aliphatic heterocycles. The van der Waals surface area contributed by atoms with Crippen LogP contribution in [0, 0.1) is 11.3 Å². The fourth-order valence-corrected chi connectivity index (χ4v) is 2.55. The van der Waals surface area contributed by atoms with Crippen LogP contribution in [0.3, 0.4) is 0 Å². The summed E-state index contributed by atoms with van der Waals surface area (Å²) in [5.41, 5.74) is 0.848. The van der Waals surface area contributed by atoms with Gasteiger partial charge < -0.3 is 4.90 Å². The molecule has 17 heavy (non-hydrogen) atoms. The summed E-state index contributed by atoms with van der Waals surface area (Å²) in [5.74, 6) is 0.827. The van der Waals surface area contributed by atoms with E-state index in [1.54, 1.807) is 0 Å². The zero-order valence-electron chi connectivity index (χ0n) is 13.6. The Morgan fingerprint density at radius 2 is 1.53 bits per heavy atom. The predicted molar refractivity (Wildman–Crippen MR) is 79.5 cm³/mol. The van der Waals surface area contributed by atoms with Crippen LogP contribution in [-0.2, 0) is 0 Å². The molecule has 2 atom stereocenters. The first kappa shape index (κ1) is 17.0. The van der Waals surface area contributed by atoms with Crippen LogP contribution >= 0.6 is 0 Å². The second-order valence-electron chi connectivity index (χ2n) is 7.02. The first-order chi connectivity index (χ1) is 7.69. The molecule has 0 aliphatic carbocycles. The molecule has 1 nitrogen and oxygen atoms in total. The van der Waals surface area contributed by atoms with Gasteiger partial charge in [-0.2, -0.15) is 0 Å². The van der Waals surface area contributed by atoms with Gasteiger partial charge in [-0.05, 0) is 51.6 Å². The summed E-state index contributed by atoms with van der Waals surface area (Å²) < 4.78 is 0. The minimum Gasteiger partial charge on any atom is -0.304 e. The van der Waals surface area contributed by atoms with Gasteiger partial charge in [0, 0.05) is 5.54 Å². The van der Waals surface area contributed by atoms with Gasteiger partial charge in [0.1, 0.15) is 0 Å². The van der Waals surface area contributed by atoms with E-state index in [2.05, 4.69) is 60.5 Å². The van der Waals surface area contributed by atoms with Crippen LogP contribution in [0.4, 0.5) is 0 Å². The van der Waals surface area contributed by atoms with Gasteiger partial charge in [-0.25, -0.2) is 0 Å². The number of hydrogen-bond acceptors (Lipinski definition) is 1. The van der Waals surface area contributed by atoms with E-state index in [0.717, 1.165) is 5.92 Å². The maximum atomic E-state index is 2.48. The molecule has 0 bridgehead atoms. The van der Waals surface area contributed by atoms with Crippen molar-refractivity contribution in [2.75, 3.05) is 14.1 Å². The molecule has 0 saturated carbocycles. The van der Waals surface area contributed by atoms with Crippen molar-refractivity contribution in [3.63, 3.8) is 0 Å². The van der Waals surface area contributed by atoms with Crippen LogP contribution in [0.2, 0.25) is 0 Å². The molecule has 0 fully saturated rings. The monoisotopic (exact) mass is 241 g/mol. The molecule has 0 N–H and O–H groups in total.